The lowest BCUT2D eigenvalue weighted by Crippen LogP contribution is -2.30. The molecule has 2 amide bonds. The van der Waals surface area contributed by atoms with Crippen LogP contribution in [0.25, 0.3) is 0 Å². The summed E-state index contributed by atoms with van der Waals surface area (Å²) in [4.78, 5) is 26.8. The van der Waals surface area contributed by atoms with Gasteiger partial charge in [0.25, 0.3) is 5.91 Å². The van der Waals surface area contributed by atoms with E-state index >= 15 is 0 Å². The second-order valence-electron chi connectivity index (χ2n) is 7.07. The van der Waals surface area contributed by atoms with Gasteiger partial charge in [-0.3, -0.25) is 9.59 Å². The summed E-state index contributed by atoms with van der Waals surface area (Å²) < 4.78 is 0. The molecule has 0 spiro atoms. The van der Waals surface area contributed by atoms with Gasteiger partial charge in [-0.1, -0.05) is 54.1 Å². The minimum atomic E-state index is -0.181. The van der Waals surface area contributed by atoms with Crippen LogP contribution in [0, 0.1) is 0 Å². The minimum Gasteiger partial charge on any atom is -0.326 e. The fourth-order valence-corrected chi connectivity index (χ4v) is 4.75. The van der Waals surface area contributed by atoms with Crippen molar-refractivity contribution in [3.8, 4) is 0 Å². The molecule has 1 heterocycles. The van der Waals surface area contributed by atoms with E-state index in [4.69, 9.17) is 11.6 Å². The van der Waals surface area contributed by atoms with E-state index in [9.17, 15) is 9.59 Å². The molecule has 30 heavy (non-hydrogen) atoms. The number of rotatable bonds is 6. The standard InChI is InChI=1S/C24H21ClN2O2S/c25-20-10-12-21(13-11-20)26-23(29)18-6-8-19(9-7-18)24-27(22(28)16-30-24)15-14-17-4-2-1-3-5-17/h1-13,24H,14-16H2,(H,26,29)/t24-/m1/s1. The summed E-state index contributed by atoms with van der Waals surface area (Å²) in [5.74, 6) is 0.462. The first-order chi connectivity index (χ1) is 14.6. The van der Waals surface area contributed by atoms with Gasteiger partial charge in [0.15, 0.2) is 0 Å². The number of halogens is 1. The predicted octanol–water partition coefficient (Wildman–Crippen LogP) is 5.41. The maximum Gasteiger partial charge on any atom is 0.255 e. The second kappa shape index (κ2) is 9.37. The smallest absolute Gasteiger partial charge is 0.255 e. The first-order valence-electron chi connectivity index (χ1n) is 9.72. The number of nitrogens with zero attached hydrogens (tertiary/aromatic N) is 1. The normalized spacial score (nSPS) is 16.0. The highest BCUT2D eigenvalue weighted by Gasteiger charge is 2.32. The van der Waals surface area contributed by atoms with Crippen LogP contribution >= 0.6 is 23.4 Å². The van der Waals surface area contributed by atoms with E-state index in [0.717, 1.165) is 12.0 Å². The number of anilines is 1. The third-order valence-electron chi connectivity index (χ3n) is 5.01. The Labute approximate surface area is 185 Å². The van der Waals surface area contributed by atoms with E-state index in [1.165, 1.54) is 5.56 Å². The summed E-state index contributed by atoms with van der Waals surface area (Å²) in [7, 11) is 0. The number of thioether (sulfide) groups is 1. The summed E-state index contributed by atoms with van der Waals surface area (Å²) in [6.45, 7) is 0.680. The molecule has 0 bridgehead atoms. The molecule has 6 heteroatoms. The molecule has 1 atom stereocenters. The Morgan fingerprint density at radius 1 is 1.00 bits per heavy atom. The molecule has 0 aromatic heterocycles. The topological polar surface area (TPSA) is 49.4 Å². The molecular weight excluding hydrogens is 416 g/mol. The van der Waals surface area contributed by atoms with E-state index in [-0.39, 0.29) is 17.2 Å². The van der Waals surface area contributed by atoms with Gasteiger partial charge in [0.05, 0.1) is 5.75 Å². The average Bonchev–Trinajstić information content (AvgIpc) is 3.15. The van der Waals surface area contributed by atoms with Crippen molar-refractivity contribution in [1.82, 2.24) is 4.90 Å². The van der Waals surface area contributed by atoms with Crippen LogP contribution in [-0.4, -0.2) is 29.0 Å². The lowest BCUT2D eigenvalue weighted by atomic mass is 10.1. The van der Waals surface area contributed by atoms with Gasteiger partial charge in [-0.15, -0.1) is 11.8 Å². The van der Waals surface area contributed by atoms with Crippen molar-refractivity contribution in [3.63, 3.8) is 0 Å². The molecule has 0 unspecified atom stereocenters. The Kier molecular flexibility index (Phi) is 6.41. The molecule has 3 aromatic carbocycles. The summed E-state index contributed by atoms with van der Waals surface area (Å²) in [6.07, 6.45) is 0.825. The van der Waals surface area contributed by atoms with Gasteiger partial charge in [0, 0.05) is 22.8 Å². The number of hydrogen-bond acceptors (Lipinski definition) is 3. The van der Waals surface area contributed by atoms with Crippen molar-refractivity contribution in [3.05, 3.63) is 101 Å². The van der Waals surface area contributed by atoms with Crippen LogP contribution in [0.3, 0.4) is 0 Å². The molecule has 152 valence electrons. The summed E-state index contributed by atoms with van der Waals surface area (Å²) in [5, 5.41) is 3.47. The fraction of sp³-hybridized carbons (Fsp3) is 0.167. The Morgan fingerprint density at radius 2 is 1.70 bits per heavy atom. The molecule has 4 nitrogen and oxygen atoms in total. The van der Waals surface area contributed by atoms with Crippen molar-refractivity contribution in [2.75, 3.05) is 17.6 Å². The zero-order valence-corrected chi connectivity index (χ0v) is 17.8. The van der Waals surface area contributed by atoms with Crippen molar-refractivity contribution in [1.29, 1.82) is 0 Å². The molecule has 1 aliphatic rings. The number of benzene rings is 3. The Morgan fingerprint density at radius 3 is 2.40 bits per heavy atom. The van der Waals surface area contributed by atoms with Crippen LogP contribution in [-0.2, 0) is 11.2 Å². The SMILES string of the molecule is O=C(Nc1ccc(Cl)cc1)c1ccc([C@H]2SCC(=O)N2CCc2ccccc2)cc1. The highest BCUT2D eigenvalue weighted by atomic mass is 35.5. The van der Waals surface area contributed by atoms with Crippen LogP contribution < -0.4 is 5.32 Å². The molecule has 1 N–H and O–H groups in total. The number of hydrogen-bond donors (Lipinski definition) is 1. The zero-order chi connectivity index (χ0) is 20.9. The minimum absolute atomic E-state index is 0.0189. The van der Waals surface area contributed by atoms with Crippen molar-refractivity contribution in [2.24, 2.45) is 0 Å². The first-order valence-corrected chi connectivity index (χ1v) is 11.1. The molecule has 1 aliphatic heterocycles. The van der Waals surface area contributed by atoms with E-state index in [0.29, 0.717) is 28.6 Å². The number of nitrogens with one attached hydrogen (secondary N) is 1. The summed E-state index contributed by atoms with van der Waals surface area (Å²) >= 11 is 7.51. The molecule has 4 rings (SSSR count). The van der Waals surface area contributed by atoms with E-state index < -0.39 is 0 Å². The van der Waals surface area contributed by atoms with Gasteiger partial charge in [-0.2, -0.15) is 0 Å². The van der Waals surface area contributed by atoms with Gasteiger partial charge >= 0.3 is 0 Å². The van der Waals surface area contributed by atoms with Crippen LogP contribution in [0.5, 0.6) is 0 Å². The Balaban J connectivity index is 1.42. The molecule has 1 fully saturated rings. The highest BCUT2D eigenvalue weighted by Crippen LogP contribution is 2.38. The number of carbonyl (C=O) groups excluding carboxylic acids is 2. The van der Waals surface area contributed by atoms with Crippen LogP contribution in [0.15, 0.2) is 78.9 Å². The van der Waals surface area contributed by atoms with Gasteiger partial charge < -0.3 is 10.2 Å². The van der Waals surface area contributed by atoms with Gasteiger partial charge in [-0.05, 0) is 53.9 Å². The van der Waals surface area contributed by atoms with Crippen molar-refractivity contribution >= 4 is 40.9 Å². The average molecular weight is 437 g/mol. The molecular formula is C24H21ClN2O2S. The Bertz CT molecular complexity index is 1020. The van der Waals surface area contributed by atoms with Crippen LogP contribution in [0.1, 0.15) is 26.9 Å². The van der Waals surface area contributed by atoms with Crippen molar-refractivity contribution < 1.29 is 9.59 Å². The van der Waals surface area contributed by atoms with E-state index in [2.05, 4.69) is 17.4 Å². The largest absolute Gasteiger partial charge is 0.326 e. The highest BCUT2D eigenvalue weighted by molar-refractivity contribution is 8.00. The molecule has 1 saturated heterocycles. The third-order valence-corrected chi connectivity index (χ3v) is 6.52. The predicted molar refractivity (Wildman–Crippen MR) is 123 cm³/mol. The lowest BCUT2D eigenvalue weighted by molar-refractivity contribution is -0.128. The maximum atomic E-state index is 12.5. The second-order valence-corrected chi connectivity index (χ2v) is 8.57. The molecule has 0 radical (unpaired) electrons. The van der Waals surface area contributed by atoms with Gasteiger partial charge in [0.2, 0.25) is 5.91 Å². The molecule has 0 saturated carbocycles. The molecule has 0 aliphatic carbocycles. The molecule has 3 aromatic rings. The van der Waals surface area contributed by atoms with Gasteiger partial charge in [0.1, 0.15) is 5.37 Å². The fourth-order valence-electron chi connectivity index (χ4n) is 3.40. The zero-order valence-electron chi connectivity index (χ0n) is 16.3. The van der Waals surface area contributed by atoms with E-state index in [1.807, 2.05) is 35.2 Å². The summed E-state index contributed by atoms with van der Waals surface area (Å²) in [5.41, 5.74) is 3.51. The van der Waals surface area contributed by atoms with Crippen LogP contribution in [0.4, 0.5) is 5.69 Å². The lowest BCUT2D eigenvalue weighted by Gasteiger charge is -2.24. The maximum absolute atomic E-state index is 12.5. The quantitative estimate of drug-likeness (QED) is 0.562. The Hall–Kier alpha value is -2.76. The van der Waals surface area contributed by atoms with E-state index in [1.54, 1.807) is 48.2 Å². The number of amides is 2. The summed E-state index contributed by atoms with van der Waals surface area (Å²) in [6, 6.07) is 24.7. The monoisotopic (exact) mass is 436 g/mol. The van der Waals surface area contributed by atoms with Crippen LogP contribution in [0.2, 0.25) is 5.02 Å². The number of carbonyl (C=O) groups is 2. The van der Waals surface area contributed by atoms with Gasteiger partial charge in [-0.25, -0.2) is 0 Å². The van der Waals surface area contributed by atoms with Crippen molar-refractivity contribution in [2.45, 2.75) is 11.8 Å². The first kappa shape index (κ1) is 20.5. The third kappa shape index (κ3) is 4.86.